The van der Waals surface area contributed by atoms with E-state index >= 15 is 0 Å². The summed E-state index contributed by atoms with van der Waals surface area (Å²) in [6.07, 6.45) is 2.61. The lowest BCUT2D eigenvalue weighted by Crippen LogP contribution is -2.04. The number of carboxylic acids is 1. The summed E-state index contributed by atoms with van der Waals surface area (Å²) in [6, 6.07) is 4.92. The molecular weight excluding hydrogens is 204 g/mol. The minimum Gasteiger partial charge on any atom is -0.478 e. The fourth-order valence-corrected chi connectivity index (χ4v) is 1.93. The fraction of sp³-hybridized carbons (Fsp3) is 0.462. The van der Waals surface area contributed by atoms with E-state index in [1.807, 2.05) is 6.92 Å². The average molecular weight is 220 g/mol. The molecule has 1 atom stereocenters. The average Bonchev–Trinajstić information content (AvgIpc) is 3.01. The first-order valence-electron chi connectivity index (χ1n) is 5.60. The molecule has 86 valence electrons. The van der Waals surface area contributed by atoms with Gasteiger partial charge in [0.15, 0.2) is 0 Å². The fourth-order valence-electron chi connectivity index (χ4n) is 1.93. The summed E-state index contributed by atoms with van der Waals surface area (Å²) in [5.41, 5.74) is 1.96. The predicted molar refractivity (Wildman–Crippen MR) is 60.4 cm³/mol. The third-order valence-electron chi connectivity index (χ3n) is 3.14. The van der Waals surface area contributed by atoms with Crippen molar-refractivity contribution in [2.24, 2.45) is 5.92 Å². The van der Waals surface area contributed by atoms with E-state index in [-0.39, 0.29) is 5.56 Å². The predicted octanol–water partition coefficient (Wildman–Crippen LogP) is 2.53. The summed E-state index contributed by atoms with van der Waals surface area (Å²) in [5.74, 6) is -0.317. The van der Waals surface area contributed by atoms with Gasteiger partial charge in [-0.2, -0.15) is 0 Å². The Morgan fingerprint density at radius 3 is 2.75 bits per heavy atom. The number of hydrogen-bond donors (Lipinski definition) is 2. The molecular formula is C13H16O3. The van der Waals surface area contributed by atoms with Gasteiger partial charge < -0.3 is 10.2 Å². The van der Waals surface area contributed by atoms with Crippen molar-refractivity contribution in [3.05, 3.63) is 34.9 Å². The van der Waals surface area contributed by atoms with Crippen molar-refractivity contribution in [3.63, 3.8) is 0 Å². The highest BCUT2D eigenvalue weighted by atomic mass is 16.4. The Balaban J connectivity index is 2.22. The standard InChI is InChI=1S/C13H16O3/c1-8-2-5-10(13(15)16)7-11(8)12(14)6-9-3-4-9/h2,5,7,9,12,14H,3-4,6H2,1H3,(H,15,16). The first-order valence-corrected chi connectivity index (χ1v) is 5.60. The number of aryl methyl sites for hydroxylation is 1. The van der Waals surface area contributed by atoms with Crippen LogP contribution in [0.3, 0.4) is 0 Å². The third-order valence-corrected chi connectivity index (χ3v) is 3.14. The minimum absolute atomic E-state index is 0.246. The molecule has 3 nitrogen and oxygen atoms in total. The van der Waals surface area contributed by atoms with Gasteiger partial charge in [0.25, 0.3) is 0 Å². The van der Waals surface area contributed by atoms with Crippen LogP contribution in [0.5, 0.6) is 0 Å². The topological polar surface area (TPSA) is 57.5 Å². The van der Waals surface area contributed by atoms with Crippen molar-refractivity contribution in [1.82, 2.24) is 0 Å². The van der Waals surface area contributed by atoms with Gasteiger partial charge in [0.05, 0.1) is 11.7 Å². The molecule has 0 aliphatic heterocycles. The summed E-state index contributed by atoms with van der Waals surface area (Å²) in [6.45, 7) is 1.90. The third kappa shape index (κ3) is 2.42. The Hall–Kier alpha value is -1.35. The van der Waals surface area contributed by atoms with Crippen LogP contribution >= 0.6 is 0 Å². The van der Waals surface area contributed by atoms with Crippen LogP contribution < -0.4 is 0 Å². The molecule has 1 aromatic carbocycles. The monoisotopic (exact) mass is 220 g/mol. The number of carbonyl (C=O) groups is 1. The summed E-state index contributed by atoms with van der Waals surface area (Å²) >= 11 is 0. The first kappa shape index (κ1) is 11.1. The van der Waals surface area contributed by atoms with Crippen LogP contribution in [0.4, 0.5) is 0 Å². The van der Waals surface area contributed by atoms with Crippen LogP contribution in [-0.2, 0) is 0 Å². The van der Waals surface area contributed by atoms with Gasteiger partial charge in [0.2, 0.25) is 0 Å². The van der Waals surface area contributed by atoms with E-state index in [2.05, 4.69) is 0 Å². The van der Waals surface area contributed by atoms with E-state index in [1.54, 1.807) is 18.2 Å². The number of benzene rings is 1. The van der Waals surface area contributed by atoms with Crippen molar-refractivity contribution in [2.45, 2.75) is 32.3 Å². The van der Waals surface area contributed by atoms with Gasteiger partial charge in [0.1, 0.15) is 0 Å². The molecule has 0 aromatic heterocycles. The molecule has 0 bridgehead atoms. The van der Waals surface area contributed by atoms with Gasteiger partial charge in [0, 0.05) is 0 Å². The highest BCUT2D eigenvalue weighted by molar-refractivity contribution is 5.87. The maximum Gasteiger partial charge on any atom is 0.335 e. The maximum absolute atomic E-state index is 10.8. The normalized spacial score (nSPS) is 17.1. The Kier molecular flexibility index (Phi) is 2.97. The lowest BCUT2D eigenvalue weighted by molar-refractivity contribution is 0.0696. The Bertz CT molecular complexity index is 408. The maximum atomic E-state index is 10.8. The van der Waals surface area contributed by atoms with Crippen LogP contribution in [0.25, 0.3) is 0 Å². The van der Waals surface area contributed by atoms with E-state index in [1.165, 1.54) is 12.8 Å². The first-order chi connectivity index (χ1) is 7.58. The summed E-state index contributed by atoms with van der Waals surface area (Å²) in [4.78, 5) is 10.8. The summed E-state index contributed by atoms with van der Waals surface area (Å²) in [7, 11) is 0. The molecule has 1 unspecified atom stereocenters. The minimum atomic E-state index is -0.945. The zero-order valence-electron chi connectivity index (χ0n) is 9.31. The molecule has 1 aliphatic rings. The molecule has 0 amide bonds. The van der Waals surface area contributed by atoms with Gasteiger partial charge in [-0.1, -0.05) is 18.9 Å². The Labute approximate surface area is 94.7 Å². The molecule has 2 N–H and O–H groups in total. The molecule has 0 saturated heterocycles. The van der Waals surface area contributed by atoms with Gasteiger partial charge >= 0.3 is 5.97 Å². The van der Waals surface area contributed by atoms with Crippen LogP contribution in [0.1, 0.15) is 46.9 Å². The number of aliphatic hydroxyl groups is 1. The second kappa shape index (κ2) is 4.26. The smallest absolute Gasteiger partial charge is 0.335 e. The largest absolute Gasteiger partial charge is 0.478 e. The van der Waals surface area contributed by atoms with Crippen molar-refractivity contribution >= 4 is 5.97 Å². The Morgan fingerprint density at radius 2 is 2.19 bits per heavy atom. The summed E-state index contributed by atoms with van der Waals surface area (Å²) < 4.78 is 0. The Morgan fingerprint density at radius 1 is 1.50 bits per heavy atom. The van der Waals surface area contributed by atoms with Crippen molar-refractivity contribution in [1.29, 1.82) is 0 Å². The van der Waals surface area contributed by atoms with Crippen molar-refractivity contribution in [2.75, 3.05) is 0 Å². The SMILES string of the molecule is Cc1ccc(C(=O)O)cc1C(O)CC1CC1. The van der Waals surface area contributed by atoms with Crippen LogP contribution in [0, 0.1) is 12.8 Å². The van der Waals surface area contributed by atoms with Gasteiger partial charge in [-0.25, -0.2) is 4.79 Å². The quantitative estimate of drug-likeness (QED) is 0.819. The van der Waals surface area contributed by atoms with Crippen LogP contribution in [0.2, 0.25) is 0 Å². The second-order valence-corrected chi connectivity index (χ2v) is 4.57. The van der Waals surface area contributed by atoms with Gasteiger partial charge in [-0.05, 0) is 42.5 Å². The number of hydrogen-bond acceptors (Lipinski definition) is 2. The molecule has 2 rings (SSSR count). The highest BCUT2D eigenvalue weighted by Gasteiger charge is 2.26. The lowest BCUT2D eigenvalue weighted by Gasteiger charge is -2.13. The van der Waals surface area contributed by atoms with Crippen LogP contribution in [-0.4, -0.2) is 16.2 Å². The number of aliphatic hydroxyl groups excluding tert-OH is 1. The molecule has 1 aromatic rings. The molecule has 3 heteroatoms. The molecule has 0 radical (unpaired) electrons. The molecule has 1 saturated carbocycles. The van der Waals surface area contributed by atoms with Crippen molar-refractivity contribution in [3.8, 4) is 0 Å². The van der Waals surface area contributed by atoms with E-state index in [4.69, 9.17) is 5.11 Å². The molecule has 1 aliphatic carbocycles. The van der Waals surface area contributed by atoms with E-state index in [0.717, 1.165) is 17.5 Å². The zero-order chi connectivity index (χ0) is 11.7. The molecule has 1 fully saturated rings. The lowest BCUT2D eigenvalue weighted by atomic mass is 9.97. The van der Waals surface area contributed by atoms with E-state index in [0.29, 0.717) is 5.92 Å². The van der Waals surface area contributed by atoms with E-state index in [9.17, 15) is 9.90 Å². The number of aromatic carboxylic acids is 1. The number of rotatable bonds is 4. The zero-order valence-corrected chi connectivity index (χ0v) is 9.31. The van der Waals surface area contributed by atoms with Crippen LogP contribution in [0.15, 0.2) is 18.2 Å². The molecule has 16 heavy (non-hydrogen) atoms. The van der Waals surface area contributed by atoms with Gasteiger partial charge in [-0.3, -0.25) is 0 Å². The highest BCUT2D eigenvalue weighted by Crippen LogP contribution is 2.38. The molecule has 0 spiro atoms. The van der Waals surface area contributed by atoms with E-state index < -0.39 is 12.1 Å². The molecule has 0 heterocycles. The summed E-state index contributed by atoms with van der Waals surface area (Å²) in [5, 5.41) is 18.9. The van der Waals surface area contributed by atoms with Crippen molar-refractivity contribution < 1.29 is 15.0 Å². The van der Waals surface area contributed by atoms with Gasteiger partial charge in [-0.15, -0.1) is 0 Å². The number of carboxylic acid groups (broad SMARTS) is 1. The second-order valence-electron chi connectivity index (χ2n) is 4.57.